The number of hydrogen-bond donors (Lipinski definition) is 3. The number of hydrogen-bond acceptors (Lipinski definition) is 7. The average Bonchev–Trinajstić information content (AvgIpc) is 3.29. The van der Waals surface area contributed by atoms with Crippen LogP contribution < -0.4 is 10.6 Å². The smallest absolute Gasteiger partial charge is 0.386 e. The molecular formula is C22H31F6N3O6. The summed E-state index contributed by atoms with van der Waals surface area (Å²) in [4.78, 5) is 48.2. The number of ether oxygens (including phenoxy) is 1. The molecule has 3 fully saturated rings. The summed E-state index contributed by atoms with van der Waals surface area (Å²) >= 11 is 0. The summed E-state index contributed by atoms with van der Waals surface area (Å²) in [5, 5.41) is 13.6. The Kier molecular flexibility index (Phi) is 10.5. The molecule has 3 rings (SSSR count). The molecule has 1 spiro atoms. The van der Waals surface area contributed by atoms with E-state index in [1.54, 1.807) is 0 Å². The maximum absolute atomic E-state index is 12.7. The van der Waals surface area contributed by atoms with E-state index in [1.807, 2.05) is 11.9 Å². The fourth-order valence-electron chi connectivity index (χ4n) is 4.43. The number of ketones is 1. The van der Waals surface area contributed by atoms with E-state index in [0.717, 1.165) is 19.4 Å². The van der Waals surface area contributed by atoms with Gasteiger partial charge in [-0.2, -0.15) is 13.2 Å². The molecule has 3 N–H and O–H groups in total. The van der Waals surface area contributed by atoms with Gasteiger partial charge in [-0.1, -0.05) is 0 Å². The predicted molar refractivity (Wildman–Crippen MR) is 115 cm³/mol. The molecule has 0 aromatic heterocycles. The van der Waals surface area contributed by atoms with Crippen molar-refractivity contribution >= 4 is 23.9 Å². The third-order valence-corrected chi connectivity index (χ3v) is 6.65. The standard InChI is InChI=1S/C17H24F3N3O4.C5H7F3O2/c1-23-9-16(3-4-16)7-12(23)15(26)22-11(6-10-2-5-21-14(10)25)13(24)8-27-17(18,19)20;6-5(7,8)2-1-4(10)3-9/h10-12H,2-9H2,1H3,(H,21,25)(H,22,26);3-4,10H,1-2H2. The molecule has 4 unspecified atom stereocenters. The Balaban J connectivity index is 0.000000410. The van der Waals surface area contributed by atoms with Gasteiger partial charge < -0.3 is 20.5 Å². The Labute approximate surface area is 209 Å². The highest BCUT2D eigenvalue weighted by Crippen LogP contribution is 2.54. The highest BCUT2D eigenvalue weighted by molar-refractivity contribution is 5.92. The van der Waals surface area contributed by atoms with Gasteiger partial charge in [-0.3, -0.25) is 24.0 Å². The van der Waals surface area contributed by atoms with Crippen molar-refractivity contribution in [3.63, 3.8) is 0 Å². The van der Waals surface area contributed by atoms with E-state index in [1.165, 1.54) is 0 Å². The zero-order chi connectivity index (χ0) is 28.0. The molecule has 2 heterocycles. The molecule has 0 bridgehead atoms. The number of nitrogens with zero attached hydrogens (tertiary/aromatic N) is 1. The second kappa shape index (κ2) is 12.5. The first-order chi connectivity index (χ1) is 17.0. The first-order valence-electron chi connectivity index (χ1n) is 11.8. The van der Waals surface area contributed by atoms with Gasteiger partial charge in [-0.25, -0.2) is 0 Å². The predicted octanol–water partition coefficient (Wildman–Crippen LogP) is 1.48. The summed E-state index contributed by atoms with van der Waals surface area (Å²) < 4.78 is 74.4. The number of nitrogens with one attached hydrogen (secondary N) is 2. The third-order valence-electron chi connectivity index (χ3n) is 6.65. The van der Waals surface area contributed by atoms with Crippen LogP contribution in [-0.2, 0) is 23.9 Å². The van der Waals surface area contributed by atoms with Gasteiger partial charge in [0, 0.05) is 25.4 Å². The molecule has 0 radical (unpaired) electrons. The first kappa shape index (κ1) is 31.0. The van der Waals surface area contributed by atoms with E-state index in [9.17, 15) is 45.5 Å². The molecule has 2 aliphatic heterocycles. The Morgan fingerprint density at radius 1 is 1.27 bits per heavy atom. The van der Waals surface area contributed by atoms with Crippen LogP contribution in [0.3, 0.4) is 0 Å². The van der Waals surface area contributed by atoms with Crippen molar-refractivity contribution in [3.05, 3.63) is 0 Å². The summed E-state index contributed by atoms with van der Waals surface area (Å²) in [7, 11) is 1.82. The molecule has 212 valence electrons. The van der Waals surface area contributed by atoms with Gasteiger partial charge in [-0.15, -0.1) is 13.2 Å². The summed E-state index contributed by atoms with van der Waals surface area (Å²) in [6.45, 7) is 0.0600. The topological polar surface area (TPSA) is 125 Å². The zero-order valence-corrected chi connectivity index (χ0v) is 20.2. The second-order valence-corrected chi connectivity index (χ2v) is 9.77. The number of halogens is 6. The number of aldehydes is 1. The fraction of sp³-hybridized carbons (Fsp3) is 0.818. The van der Waals surface area contributed by atoms with Crippen molar-refractivity contribution in [2.75, 3.05) is 26.7 Å². The molecule has 15 heteroatoms. The van der Waals surface area contributed by atoms with Gasteiger partial charge in [0.15, 0.2) is 5.78 Å². The van der Waals surface area contributed by atoms with Gasteiger partial charge in [0.2, 0.25) is 11.8 Å². The molecule has 0 aromatic rings. The molecule has 4 atom stereocenters. The van der Waals surface area contributed by atoms with Crippen LogP contribution in [0.5, 0.6) is 0 Å². The monoisotopic (exact) mass is 547 g/mol. The summed E-state index contributed by atoms with van der Waals surface area (Å²) in [6, 6.07) is -1.60. The first-order valence-corrected chi connectivity index (χ1v) is 11.8. The molecule has 1 saturated carbocycles. The second-order valence-electron chi connectivity index (χ2n) is 9.77. The lowest BCUT2D eigenvalue weighted by Gasteiger charge is -2.24. The number of aliphatic hydroxyl groups excluding tert-OH is 1. The van der Waals surface area contributed by atoms with Crippen LogP contribution in [0.1, 0.15) is 44.9 Å². The van der Waals surface area contributed by atoms with Crippen LogP contribution in [0.2, 0.25) is 0 Å². The molecule has 37 heavy (non-hydrogen) atoms. The Morgan fingerprint density at radius 3 is 2.38 bits per heavy atom. The molecule has 3 aliphatic rings. The summed E-state index contributed by atoms with van der Waals surface area (Å²) in [6.07, 6.45) is -9.03. The molecule has 0 aromatic carbocycles. The van der Waals surface area contributed by atoms with Gasteiger partial charge in [-0.05, 0) is 51.0 Å². The molecule has 9 nitrogen and oxygen atoms in total. The Bertz CT molecular complexity index is 833. The highest BCUT2D eigenvalue weighted by atomic mass is 19.4. The fourth-order valence-corrected chi connectivity index (χ4v) is 4.43. The van der Waals surface area contributed by atoms with Crippen molar-refractivity contribution in [2.24, 2.45) is 11.3 Å². The number of carbonyl (C=O) groups is 4. The quantitative estimate of drug-likeness (QED) is 0.280. The van der Waals surface area contributed by atoms with E-state index in [2.05, 4.69) is 15.4 Å². The number of likely N-dealkylation sites (N-methyl/N-ethyl adjacent to an activating group) is 1. The lowest BCUT2D eigenvalue weighted by molar-refractivity contribution is -0.321. The van der Waals surface area contributed by atoms with E-state index in [0.29, 0.717) is 19.4 Å². The number of Topliss-reactive ketones (excluding diaryl/α,β-unsaturated/α-hetero) is 1. The van der Waals surface area contributed by atoms with E-state index in [4.69, 9.17) is 5.11 Å². The minimum Gasteiger partial charge on any atom is -0.386 e. The summed E-state index contributed by atoms with van der Waals surface area (Å²) in [5.41, 5.74) is 0.168. The largest absolute Gasteiger partial charge is 0.522 e. The van der Waals surface area contributed by atoms with E-state index in [-0.39, 0.29) is 29.9 Å². The molecular weight excluding hydrogens is 516 g/mol. The van der Waals surface area contributed by atoms with Crippen molar-refractivity contribution in [3.8, 4) is 0 Å². The van der Waals surface area contributed by atoms with Crippen molar-refractivity contribution in [2.45, 2.75) is 75.7 Å². The number of alkyl halides is 6. The zero-order valence-electron chi connectivity index (χ0n) is 20.2. The molecule has 2 saturated heterocycles. The minimum atomic E-state index is -4.93. The van der Waals surface area contributed by atoms with Crippen LogP contribution in [0.15, 0.2) is 0 Å². The van der Waals surface area contributed by atoms with E-state index < -0.39 is 61.9 Å². The maximum atomic E-state index is 12.7. The number of rotatable bonds is 10. The van der Waals surface area contributed by atoms with Crippen LogP contribution in [-0.4, -0.2) is 91.4 Å². The van der Waals surface area contributed by atoms with Gasteiger partial charge in [0.25, 0.3) is 0 Å². The van der Waals surface area contributed by atoms with Gasteiger partial charge >= 0.3 is 12.5 Å². The highest BCUT2D eigenvalue weighted by Gasteiger charge is 2.53. The lowest BCUT2D eigenvalue weighted by atomic mass is 9.95. The van der Waals surface area contributed by atoms with Crippen LogP contribution >= 0.6 is 0 Å². The van der Waals surface area contributed by atoms with Crippen molar-refractivity contribution < 1.29 is 55.4 Å². The van der Waals surface area contributed by atoms with Crippen LogP contribution in [0.25, 0.3) is 0 Å². The molecule has 1 aliphatic carbocycles. The third kappa shape index (κ3) is 10.6. The average molecular weight is 547 g/mol. The Hall–Kier alpha value is -2.26. The van der Waals surface area contributed by atoms with Gasteiger partial charge in [0.05, 0.1) is 12.1 Å². The maximum Gasteiger partial charge on any atom is 0.522 e. The Morgan fingerprint density at radius 2 is 1.92 bits per heavy atom. The SMILES string of the molecule is CN1CC2(CC2)CC1C(=O)NC(CC1CCNC1=O)C(=O)COC(F)(F)F.O=CC(O)CCC(F)(F)F. The number of aliphatic hydroxyl groups is 1. The number of amides is 2. The van der Waals surface area contributed by atoms with Crippen molar-refractivity contribution in [1.82, 2.24) is 15.5 Å². The molecule has 2 amide bonds. The normalized spacial score (nSPS) is 24.6. The summed E-state index contributed by atoms with van der Waals surface area (Å²) in [5.74, 6) is -2.04. The van der Waals surface area contributed by atoms with Gasteiger partial charge in [0.1, 0.15) is 19.0 Å². The van der Waals surface area contributed by atoms with Crippen LogP contribution in [0.4, 0.5) is 26.3 Å². The number of likely N-dealkylation sites (tertiary alicyclic amines) is 1. The van der Waals surface area contributed by atoms with Crippen molar-refractivity contribution in [1.29, 1.82) is 0 Å². The number of carbonyl (C=O) groups excluding carboxylic acids is 4. The van der Waals surface area contributed by atoms with Crippen LogP contribution in [0, 0.1) is 11.3 Å². The minimum absolute atomic E-state index is 0.0286. The lowest BCUT2D eigenvalue weighted by Crippen LogP contribution is -2.50. The van der Waals surface area contributed by atoms with E-state index >= 15 is 0 Å².